The van der Waals surface area contributed by atoms with E-state index in [1.54, 1.807) is 11.3 Å². The molecule has 0 saturated carbocycles. The summed E-state index contributed by atoms with van der Waals surface area (Å²) in [5, 5.41) is 6.45. The van der Waals surface area contributed by atoms with E-state index in [4.69, 9.17) is 24.4 Å². The van der Waals surface area contributed by atoms with E-state index in [1.807, 2.05) is 42.5 Å². The lowest BCUT2D eigenvalue weighted by atomic mass is 10.00. The fourth-order valence-corrected chi connectivity index (χ4v) is 10.1. The van der Waals surface area contributed by atoms with Crippen molar-refractivity contribution < 1.29 is 4.42 Å². The Morgan fingerprint density at radius 1 is 0.426 bits per heavy atom. The first-order valence-corrected chi connectivity index (χ1v) is 21.1. The first-order chi connectivity index (χ1) is 30.2. The average Bonchev–Trinajstić information content (AvgIpc) is 4.01. The predicted octanol–water partition coefficient (Wildman–Crippen LogP) is 14.5. The molecule has 0 amide bonds. The molecular weight excluding hydrogens is 767 g/mol. The maximum atomic E-state index is 6.56. The highest BCUT2D eigenvalue weighted by molar-refractivity contribution is 7.26. The highest BCUT2D eigenvalue weighted by Gasteiger charge is 2.22. The zero-order chi connectivity index (χ0) is 40.0. The minimum atomic E-state index is 0.673. The highest BCUT2D eigenvalue weighted by Crippen LogP contribution is 2.43. The van der Waals surface area contributed by atoms with E-state index in [1.165, 1.54) is 4.70 Å². The van der Waals surface area contributed by atoms with Crippen LogP contribution in [-0.2, 0) is 0 Å². The molecule has 0 aliphatic rings. The standard InChI is InChI=1S/C54H31N5OS/c1-3-14-32(15-4-1)48-51-49(40-20-9-12-25-47(40)61-51)57-53(56-48)35-27-29-45-42(31-35)41-30-34(36-21-13-22-38-37-18-8-11-24-46(37)60-50(36)38)26-28-44(41)59(45)54-39-19-7-10-23-43(39)55-52(58-54)33-16-5-2-6-17-33/h1-31H. The van der Waals surface area contributed by atoms with Crippen molar-refractivity contribution in [2.75, 3.05) is 0 Å². The maximum Gasteiger partial charge on any atom is 0.162 e. The number of para-hydroxylation sites is 3. The van der Waals surface area contributed by atoms with E-state index in [2.05, 4.69) is 150 Å². The number of benzene rings is 8. The van der Waals surface area contributed by atoms with Gasteiger partial charge in [0.1, 0.15) is 17.0 Å². The molecule has 0 aliphatic carbocycles. The largest absolute Gasteiger partial charge is 0.455 e. The maximum absolute atomic E-state index is 6.56. The Morgan fingerprint density at radius 3 is 1.89 bits per heavy atom. The van der Waals surface area contributed by atoms with E-state index in [0.29, 0.717) is 11.6 Å². The van der Waals surface area contributed by atoms with E-state index in [-0.39, 0.29) is 0 Å². The van der Waals surface area contributed by atoms with Gasteiger partial charge in [-0.1, -0.05) is 133 Å². The smallest absolute Gasteiger partial charge is 0.162 e. The van der Waals surface area contributed by atoms with Crippen molar-refractivity contribution in [3.05, 3.63) is 188 Å². The molecular formula is C54H31N5OS. The summed E-state index contributed by atoms with van der Waals surface area (Å²) in [4.78, 5) is 21.1. The fraction of sp³-hybridized carbons (Fsp3) is 0. The van der Waals surface area contributed by atoms with Gasteiger partial charge in [0.2, 0.25) is 0 Å². The molecule has 7 heteroatoms. The summed E-state index contributed by atoms with van der Waals surface area (Å²) in [5.74, 6) is 2.17. The van der Waals surface area contributed by atoms with E-state index in [9.17, 15) is 0 Å². The third-order valence-electron chi connectivity index (χ3n) is 11.8. The van der Waals surface area contributed by atoms with Gasteiger partial charge in [-0.15, -0.1) is 11.3 Å². The Morgan fingerprint density at radius 2 is 1.07 bits per heavy atom. The van der Waals surface area contributed by atoms with Gasteiger partial charge in [0.05, 0.1) is 32.5 Å². The molecule has 0 bridgehead atoms. The number of aromatic nitrogens is 5. The lowest BCUT2D eigenvalue weighted by Crippen LogP contribution is -2.02. The van der Waals surface area contributed by atoms with Crippen LogP contribution in [0.15, 0.2) is 192 Å². The van der Waals surface area contributed by atoms with Crippen LogP contribution in [0.3, 0.4) is 0 Å². The van der Waals surface area contributed by atoms with Gasteiger partial charge in [0.15, 0.2) is 11.6 Å². The number of thiophene rings is 1. The van der Waals surface area contributed by atoms with Crippen molar-refractivity contribution in [3.63, 3.8) is 0 Å². The van der Waals surface area contributed by atoms with Crippen molar-refractivity contribution in [2.45, 2.75) is 0 Å². The summed E-state index contributed by atoms with van der Waals surface area (Å²) in [6.07, 6.45) is 0. The molecule has 0 radical (unpaired) electrons. The molecule has 0 unspecified atom stereocenters. The quantitative estimate of drug-likeness (QED) is 0.173. The molecule has 0 fully saturated rings. The van der Waals surface area contributed by atoms with Gasteiger partial charge < -0.3 is 4.42 Å². The molecule has 5 aromatic heterocycles. The number of hydrogen-bond donors (Lipinski definition) is 0. The lowest BCUT2D eigenvalue weighted by molar-refractivity contribution is 0.670. The van der Waals surface area contributed by atoms with Crippen molar-refractivity contribution in [1.29, 1.82) is 0 Å². The second-order valence-electron chi connectivity index (χ2n) is 15.4. The Bertz CT molecular complexity index is 3890. The summed E-state index contributed by atoms with van der Waals surface area (Å²) >= 11 is 1.75. The molecule has 5 heterocycles. The Hall–Kier alpha value is -8.00. The first-order valence-electron chi connectivity index (χ1n) is 20.3. The molecule has 6 nitrogen and oxygen atoms in total. The fourth-order valence-electron chi connectivity index (χ4n) is 8.99. The molecule has 284 valence electrons. The average molecular weight is 798 g/mol. The normalized spacial score (nSPS) is 11.9. The number of nitrogens with zero attached hydrogens (tertiary/aromatic N) is 5. The molecule has 0 saturated heterocycles. The Kier molecular flexibility index (Phi) is 7.37. The van der Waals surface area contributed by atoms with Crippen LogP contribution in [0.4, 0.5) is 0 Å². The van der Waals surface area contributed by atoms with E-state index in [0.717, 1.165) is 110 Å². The van der Waals surface area contributed by atoms with Crippen molar-refractivity contribution >= 4 is 86.3 Å². The number of hydrogen-bond acceptors (Lipinski definition) is 6. The molecule has 0 aliphatic heterocycles. The molecule has 0 spiro atoms. The SMILES string of the molecule is c1ccc(-c2nc(-n3c4ccc(-c5nc(-c6ccccc6)c6sc7ccccc7c6n5)cc4c4cc(-c5cccc6c5oc5ccccc56)ccc43)c3ccccc3n2)cc1. The van der Waals surface area contributed by atoms with Gasteiger partial charge in [-0.3, -0.25) is 4.57 Å². The minimum absolute atomic E-state index is 0.673. The summed E-state index contributed by atoms with van der Waals surface area (Å²) in [7, 11) is 0. The zero-order valence-corrected chi connectivity index (χ0v) is 33.3. The van der Waals surface area contributed by atoms with E-state index < -0.39 is 0 Å². The molecule has 13 aromatic rings. The highest BCUT2D eigenvalue weighted by atomic mass is 32.1. The van der Waals surface area contributed by atoms with E-state index >= 15 is 0 Å². The van der Waals surface area contributed by atoms with Crippen LogP contribution in [0.5, 0.6) is 0 Å². The molecule has 8 aromatic carbocycles. The van der Waals surface area contributed by atoms with Crippen LogP contribution in [0.25, 0.3) is 126 Å². The predicted molar refractivity (Wildman–Crippen MR) is 251 cm³/mol. The number of furan rings is 1. The topological polar surface area (TPSA) is 69.6 Å². The van der Waals surface area contributed by atoms with Crippen molar-refractivity contribution in [3.8, 4) is 51.0 Å². The second kappa shape index (κ2) is 13.3. The van der Waals surface area contributed by atoms with Gasteiger partial charge in [-0.25, -0.2) is 19.9 Å². The van der Waals surface area contributed by atoms with Gasteiger partial charge in [-0.05, 0) is 60.2 Å². The first kappa shape index (κ1) is 33.9. The Balaban J connectivity index is 1.10. The Labute approximate surface area is 352 Å². The summed E-state index contributed by atoms with van der Waals surface area (Å²) < 4.78 is 11.1. The van der Waals surface area contributed by atoms with Crippen molar-refractivity contribution in [2.24, 2.45) is 0 Å². The minimum Gasteiger partial charge on any atom is -0.455 e. The molecule has 0 N–H and O–H groups in total. The van der Waals surface area contributed by atoms with Gasteiger partial charge in [-0.2, -0.15) is 0 Å². The number of rotatable bonds is 5. The van der Waals surface area contributed by atoms with Crippen LogP contribution >= 0.6 is 11.3 Å². The van der Waals surface area contributed by atoms with Crippen LogP contribution in [0.1, 0.15) is 0 Å². The van der Waals surface area contributed by atoms with Crippen LogP contribution in [-0.4, -0.2) is 24.5 Å². The molecule has 61 heavy (non-hydrogen) atoms. The lowest BCUT2D eigenvalue weighted by Gasteiger charge is -2.13. The summed E-state index contributed by atoms with van der Waals surface area (Å²) in [5.41, 5.74) is 11.6. The number of fused-ring (bicyclic) bond motifs is 10. The van der Waals surface area contributed by atoms with Crippen LogP contribution in [0.2, 0.25) is 0 Å². The molecule has 13 rings (SSSR count). The van der Waals surface area contributed by atoms with Crippen LogP contribution < -0.4 is 0 Å². The summed E-state index contributed by atoms with van der Waals surface area (Å²) in [6, 6.07) is 65.4. The van der Waals surface area contributed by atoms with Gasteiger partial charge in [0.25, 0.3) is 0 Å². The summed E-state index contributed by atoms with van der Waals surface area (Å²) in [6.45, 7) is 0. The zero-order valence-electron chi connectivity index (χ0n) is 32.5. The third-order valence-corrected chi connectivity index (χ3v) is 13.0. The molecule has 0 atom stereocenters. The van der Waals surface area contributed by atoms with Crippen molar-refractivity contribution in [1.82, 2.24) is 24.5 Å². The van der Waals surface area contributed by atoms with Gasteiger partial charge in [0, 0.05) is 59.3 Å². The van der Waals surface area contributed by atoms with Gasteiger partial charge >= 0.3 is 0 Å². The van der Waals surface area contributed by atoms with Crippen LogP contribution in [0, 0.1) is 0 Å². The third kappa shape index (κ3) is 5.27. The monoisotopic (exact) mass is 797 g/mol. The second-order valence-corrected chi connectivity index (χ2v) is 16.4.